The van der Waals surface area contributed by atoms with E-state index >= 15 is 0 Å². The van der Waals surface area contributed by atoms with Crippen molar-refractivity contribution in [2.75, 3.05) is 26.9 Å². The van der Waals surface area contributed by atoms with E-state index < -0.39 is 12.6 Å². The van der Waals surface area contributed by atoms with Gasteiger partial charge in [0, 0.05) is 25.9 Å². The second-order valence-corrected chi connectivity index (χ2v) is 15.8. The minimum atomic E-state index is -0.486. The van der Waals surface area contributed by atoms with Gasteiger partial charge in [0.25, 0.3) is 0 Å². The first-order chi connectivity index (χ1) is 25.8. The van der Waals surface area contributed by atoms with Crippen LogP contribution in [0.3, 0.4) is 0 Å². The smallest absolute Gasteiger partial charge is 0.186 e. The lowest BCUT2D eigenvalue weighted by molar-refractivity contribution is -0.368. The first-order valence-electron chi connectivity index (χ1n) is 22.5. The highest BCUT2D eigenvalue weighted by Gasteiger charge is 2.51. The number of methoxy groups -OCH3 is 1. The van der Waals surface area contributed by atoms with Crippen molar-refractivity contribution in [3.05, 3.63) is 35.9 Å². The Morgan fingerprint density at radius 1 is 0.500 bits per heavy atom. The molecule has 6 nitrogen and oxygen atoms in total. The normalized spacial score (nSPS) is 23.2. The van der Waals surface area contributed by atoms with E-state index in [4.69, 9.17) is 28.4 Å². The Balaban J connectivity index is 1.33. The summed E-state index contributed by atoms with van der Waals surface area (Å²) in [5, 5.41) is 0. The van der Waals surface area contributed by atoms with Crippen molar-refractivity contribution in [1.82, 2.24) is 0 Å². The maximum Gasteiger partial charge on any atom is 0.186 e. The molecule has 0 spiro atoms. The molecule has 0 amide bonds. The third-order valence-electron chi connectivity index (χ3n) is 11.2. The van der Waals surface area contributed by atoms with Gasteiger partial charge in [-0.15, -0.1) is 0 Å². The Hall–Kier alpha value is -1.02. The molecule has 52 heavy (non-hydrogen) atoms. The summed E-state index contributed by atoms with van der Waals surface area (Å²) in [6.45, 7) is 6.37. The van der Waals surface area contributed by atoms with Crippen molar-refractivity contribution in [1.29, 1.82) is 0 Å². The van der Waals surface area contributed by atoms with Crippen molar-refractivity contribution in [3.63, 3.8) is 0 Å². The summed E-state index contributed by atoms with van der Waals surface area (Å²) in [5.74, 6) is 0. The predicted octanol–water partition coefficient (Wildman–Crippen LogP) is 13.2. The van der Waals surface area contributed by atoms with Crippen molar-refractivity contribution >= 4 is 0 Å². The van der Waals surface area contributed by atoms with Crippen LogP contribution in [0.4, 0.5) is 0 Å². The Labute approximate surface area is 321 Å². The molecular weight excluding hydrogens is 648 g/mol. The average Bonchev–Trinajstić information content (AvgIpc) is 3.17. The van der Waals surface area contributed by atoms with E-state index in [9.17, 15) is 0 Å². The number of unbranched alkanes of at least 4 members (excludes halogenated alkanes) is 26. The van der Waals surface area contributed by atoms with Gasteiger partial charge in [0.05, 0.1) is 6.61 Å². The first-order valence-corrected chi connectivity index (χ1v) is 22.5. The van der Waals surface area contributed by atoms with Crippen LogP contribution >= 0.6 is 0 Å². The molecule has 2 saturated heterocycles. The molecule has 2 fully saturated rings. The van der Waals surface area contributed by atoms with Gasteiger partial charge in [0.1, 0.15) is 24.4 Å². The highest BCUT2D eigenvalue weighted by Crippen LogP contribution is 2.36. The summed E-state index contributed by atoms with van der Waals surface area (Å²) in [6.07, 6.45) is 35.6. The lowest BCUT2D eigenvalue weighted by atomic mass is 9.97. The molecule has 0 aliphatic carbocycles. The fourth-order valence-corrected chi connectivity index (χ4v) is 7.92. The van der Waals surface area contributed by atoms with E-state index in [1.54, 1.807) is 7.11 Å². The maximum atomic E-state index is 6.58. The minimum Gasteiger partial charge on any atom is -0.376 e. The summed E-state index contributed by atoms with van der Waals surface area (Å²) in [5.41, 5.74) is 1.01. The topological polar surface area (TPSA) is 55.4 Å². The Kier molecular flexibility index (Phi) is 27.2. The molecule has 2 aliphatic rings. The van der Waals surface area contributed by atoms with Gasteiger partial charge >= 0.3 is 0 Å². The quantitative estimate of drug-likeness (QED) is 0.0658. The molecule has 1 aromatic rings. The fourth-order valence-electron chi connectivity index (χ4n) is 7.92. The van der Waals surface area contributed by atoms with Gasteiger partial charge in [-0.05, 0) is 12.8 Å². The van der Waals surface area contributed by atoms with E-state index in [1.165, 1.54) is 167 Å². The van der Waals surface area contributed by atoms with Gasteiger partial charge in [0.15, 0.2) is 12.6 Å². The average molecular weight is 731 g/mol. The molecule has 6 atom stereocenters. The molecule has 3 rings (SSSR count). The highest BCUT2D eigenvalue weighted by atomic mass is 16.8. The number of benzene rings is 1. The first kappa shape index (κ1) is 45.4. The van der Waals surface area contributed by atoms with Crippen LogP contribution in [0.15, 0.2) is 30.3 Å². The summed E-state index contributed by atoms with van der Waals surface area (Å²) in [6, 6.07) is 10.1. The molecule has 0 N–H and O–H groups in total. The summed E-state index contributed by atoms with van der Waals surface area (Å²) in [4.78, 5) is 0. The number of hydrogen-bond donors (Lipinski definition) is 0. The molecule has 6 heteroatoms. The Morgan fingerprint density at radius 2 is 0.923 bits per heavy atom. The minimum absolute atomic E-state index is 0.257. The third-order valence-corrected chi connectivity index (χ3v) is 11.2. The largest absolute Gasteiger partial charge is 0.376 e. The summed E-state index contributed by atoms with van der Waals surface area (Å²) >= 11 is 0. The molecule has 0 radical (unpaired) electrons. The number of hydrogen-bond acceptors (Lipinski definition) is 6. The van der Waals surface area contributed by atoms with E-state index in [1.807, 2.05) is 30.3 Å². The van der Waals surface area contributed by atoms with E-state index in [2.05, 4.69) is 13.8 Å². The van der Waals surface area contributed by atoms with Gasteiger partial charge in [-0.3, -0.25) is 0 Å². The van der Waals surface area contributed by atoms with Gasteiger partial charge in [0.2, 0.25) is 0 Å². The second-order valence-electron chi connectivity index (χ2n) is 15.8. The van der Waals surface area contributed by atoms with Gasteiger partial charge in [-0.1, -0.05) is 211 Å². The lowest BCUT2D eigenvalue weighted by Gasteiger charge is -2.48. The Morgan fingerprint density at radius 3 is 1.37 bits per heavy atom. The van der Waals surface area contributed by atoms with E-state index in [0.717, 1.165) is 18.4 Å². The summed E-state index contributed by atoms with van der Waals surface area (Å²) in [7, 11) is 1.76. The zero-order valence-corrected chi connectivity index (χ0v) is 34.2. The number of fused-ring (bicyclic) bond motifs is 1. The van der Waals surface area contributed by atoms with Crippen LogP contribution in [0, 0.1) is 0 Å². The summed E-state index contributed by atoms with van der Waals surface area (Å²) < 4.78 is 38.3. The molecular formula is C46H82O6. The molecule has 0 saturated carbocycles. The molecule has 2 aliphatic heterocycles. The van der Waals surface area contributed by atoms with Crippen LogP contribution < -0.4 is 0 Å². The van der Waals surface area contributed by atoms with E-state index in [0.29, 0.717) is 19.8 Å². The Bertz CT molecular complexity index is 913. The van der Waals surface area contributed by atoms with Crippen molar-refractivity contribution in [2.45, 2.75) is 231 Å². The van der Waals surface area contributed by atoms with Crippen LogP contribution in [0.1, 0.15) is 205 Å². The van der Waals surface area contributed by atoms with E-state index in [-0.39, 0.29) is 24.4 Å². The van der Waals surface area contributed by atoms with Crippen molar-refractivity contribution in [3.8, 4) is 0 Å². The molecule has 0 aromatic heterocycles. The number of ether oxygens (including phenoxy) is 6. The van der Waals surface area contributed by atoms with Crippen molar-refractivity contribution in [2.24, 2.45) is 0 Å². The van der Waals surface area contributed by atoms with Crippen molar-refractivity contribution < 1.29 is 28.4 Å². The second kappa shape index (κ2) is 31.2. The SMILES string of the molecule is CCCCCCCCCCCCCCCCO[C@@H]1O[C@@H]2COC(c3ccccc3)O[C@H]2[C@H](OC)[C@H]1OCCCCCCCCCCCCCCCC. The standard InChI is InChI=1S/C46H82O6/c1-4-6-8-10-12-14-16-18-20-22-24-26-28-33-37-48-44-43(47-3)42-41(39-50-45(52-42)40-35-31-30-32-36-40)51-46(44)49-38-34-29-27-25-23-21-19-17-15-13-11-9-7-5-2/h30-32,35-36,41-46H,4-29,33-34,37-39H2,1-3H3/t41-,42-,43+,44-,45?,46-/m1/s1. The molecule has 1 unspecified atom stereocenters. The maximum absolute atomic E-state index is 6.58. The monoisotopic (exact) mass is 731 g/mol. The van der Waals surface area contributed by atoms with Gasteiger partial charge in [-0.2, -0.15) is 0 Å². The molecule has 1 aromatic carbocycles. The zero-order valence-electron chi connectivity index (χ0n) is 34.2. The number of rotatable bonds is 34. The van der Waals surface area contributed by atoms with Gasteiger partial charge < -0.3 is 28.4 Å². The zero-order chi connectivity index (χ0) is 36.7. The predicted molar refractivity (Wildman–Crippen MR) is 216 cm³/mol. The van der Waals surface area contributed by atoms with Crippen LogP contribution in [0.5, 0.6) is 0 Å². The van der Waals surface area contributed by atoms with Crippen LogP contribution in [-0.2, 0) is 28.4 Å². The van der Waals surface area contributed by atoms with Crippen LogP contribution in [0.25, 0.3) is 0 Å². The fraction of sp³-hybridized carbons (Fsp3) is 0.870. The molecule has 302 valence electrons. The highest BCUT2D eigenvalue weighted by molar-refractivity contribution is 5.16. The van der Waals surface area contributed by atoms with Gasteiger partial charge in [-0.25, -0.2) is 0 Å². The molecule has 2 heterocycles. The van der Waals surface area contributed by atoms with Crippen LogP contribution in [-0.4, -0.2) is 57.6 Å². The lowest BCUT2D eigenvalue weighted by Crippen LogP contribution is -2.63. The third kappa shape index (κ3) is 19.5. The molecule has 0 bridgehead atoms. The van der Waals surface area contributed by atoms with Crippen LogP contribution in [0.2, 0.25) is 0 Å².